The first-order valence-electron chi connectivity index (χ1n) is 6.12. The molecule has 2 aromatic carbocycles. The minimum absolute atomic E-state index is 0.182. The Labute approximate surface area is 111 Å². The SMILES string of the molecule is Fc1ccc(SN2CCCc3ccccc32)cc1. The third-order valence-corrected chi connectivity index (χ3v) is 4.18. The fraction of sp³-hybridized carbons (Fsp3) is 0.200. The molecule has 0 spiro atoms. The van der Waals surface area contributed by atoms with Crippen LogP contribution in [0.15, 0.2) is 53.4 Å². The van der Waals surface area contributed by atoms with Gasteiger partial charge in [-0.2, -0.15) is 0 Å². The van der Waals surface area contributed by atoms with Gasteiger partial charge in [0.25, 0.3) is 0 Å². The first kappa shape index (κ1) is 11.6. The van der Waals surface area contributed by atoms with Gasteiger partial charge in [0.2, 0.25) is 0 Å². The number of para-hydroxylation sites is 1. The molecule has 0 aliphatic carbocycles. The van der Waals surface area contributed by atoms with Crippen molar-refractivity contribution in [2.45, 2.75) is 17.7 Å². The quantitative estimate of drug-likeness (QED) is 0.740. The predicted octanol–water partition coefficient (Wildman–Crippen LogP) is 4.29. The maximum atomic E-state index is 12.9. The Morgan fingerprint density at radius 3 is 2.61 bits per heavy atom. The van der Waals surface area contributed by atoms with E-state index < -0.39 is 0 Å². The smallest absolute Gasteiger partial charge is 0.123 e. The summed E-state index contributed by atoms with van der Waals surface area (Å²) in [7, 11) is 0. The van der Waals surface area contributed by atoms with Gasteiger partial charge in [0, 0.05) is 11.4 Å². The lowest BCUT2D eigenvalue weighted by Crippen LogP contribution is -2.22. The molecule has 1 aliphatic heterocycles. The average molecular weight is 259 g/mol. The third-order valence-electron chi connectivity index (χ3n) is 3.10. The van der Waals surface area contributed by atoms with E-state index in [0.717, 1.165) is 17.9 Å². The van der Waals surface area contributed by atoms with E-state index in [-0.39, 0.29) is 5.82 Å². The fourth-order valence-corrected chi connectivity index (χ4v) is 3.23. The molecule has 0 N–H and O–H groups in total. The van der Waals surface area contributed by atoms with Gasteiger partial charge in [-0.05, 0) is 60.7 Å². The highest BCUT2D eigenvalue weighted by molar-refractivity contribution is 8.00. The first-order chi connectivity index (χ1) is 8.83. The monoisotopic (exact) mass is 259 g/mol. The number of rotatable bonds is 2. The summed E-state index contributed by atoms with van der Waals surface area (Å²) in [6.45, 7) is 1.04. The van der Waals surface area contributed by atoms with Crippen molar-refractivity contribution in [3.63, 3.8) is 0 Å². The number of nitrogens with zero attached hydrogens (tertiary/aromatic N) is 1. The number of hydrogen-bond donors (Lipinski definition) is 0. The Balaban J connectivity index is 1.84. The predicted molar refractivity (Wildman–Crippen MR) is 74.4 cm³/mol. The highest BCUT2D eigenvalue weighted by atomic mass is 32.2. The molecule has 92 valence electrons. The summed E-state index contributed by atoms with van der Waals surface area (Å²) in [5, 5.41) is 0. The molecule has 0 saturated carbocycles. The molecule has 0 bridgehead atoms. The molecule has 1 nitrogen and oxygen atoms in total. The largest absolute Gasteiger partial charge is 0.312 e. The van der Waals surface area contributed by atoms with Gasteiger partial charge >= 0.3 is 0 Å². The van der Waals surface area contributed by atoms with Crippen LogP contribution < -0.4 is 4.31 Å². The molecule has 0 radical (unpaired) electrons. The maximum Gasteiger partial charge on any atom is 0.123 e. The molecule has 0 atom stereocenters. The average Bonchev–Trinajstić information content (AvgIpc) is 2.42. The minimum atomic E-state index is -0.182. The second-order valence-corrected chi connectivity index (χ2v) is 5.47. The van der Waals surface area contributed by atoms with Crippen LogP contribution in [0.25, 0.3) is 0 Å². The lowest BCUT2D eigenvalue weighted by Gasteiger charge is -2.29. The van der Waals surface area contributed by atoms with Crippen LogP contribution in [0.5, 0.6) is 0 Å². The fourth-order valence-electron chi connectivity index (χ4n) is 2.22. The Morgan fingerprint density at radius 1 is 1.00 bits per heavy atom. The van der Waals surface area contributed by atoms with Gasteiger partial charge in [0.05, 0.1) is 5.69 Å². The first-order valence-corrected chi connectivity index (χ1v) is 6.89. The zero-order valence-corrected chi connectivity index (χ0v) is 10.8. The van der Waals surface area contributed by atoms with E-state index in [1.807, 2.05) is 12.1 Å². The van der Waals surface area contributed by atoms with Crippen LogP contribution in [0, 0.1) is 5.82 Å². The van der Waals surface area contributed by atoms with Crippen molar-refractivity contribution in [1.82, 2.24) is 0 Å². The molecule has 0 fully saturated rings. The van der Waals surface area contributed by atoms with Gasteiger partial charge in [-0.25, -0.2) is 4.39 Å². The van der Waals surface area contributed by atoms with Gasteiger partial charge in [0.1, 0.15) is 5.82 Å². The Morgan fingerprint density at radius 2 is 1.78 bits per heavy atom. The van der Waals surface area contributed by atoms with Crippen LogP contribution in [0.2, 0.25) is 0 Å². The molecule has 0 saturated heterocycles. The number of benzene rings is 2. The number of fused-ring (bicyclic) bond motifs is 1. The van der Waals surface area contributed by atoms with Crippen LogP contribution in [0.3, 0.4) is 0 Å². The Kier molecular flexibility index (Phi) is 3.24. The summed E-state index contributed by atoms with van der Waals surface area (Å²) in [5.74, 6) is -0.182. The van der Waals surface area contributed by atoms with E-state index in [0.29, 0.717) is 0 Å². The molecule has 2 aromatic rings. The molecule has 1 heterocycles. The molecule has 0 aromatic heterocycles. The van der Waals surface area contributed by atoms with Gasteiger partial charge in [-0.15, -0.1) is 0 Å². The van der Waals surface area contributed by atoms with Crippen molar-refractivity contribution in [3.8, 4) is 0 Å². The molecule has 3 heteroatoms. The van der Waals surface area contributed by atoms with Crippen molar-refractivity contribution in [3.05, 3.63) is 59.9 Å². The molecule has 0 unspecified atom stereocenters. The second kappa shape index (κ2) is 5.02. The van der Waals surface area contributed by atoms with Gasteiger partial charge in [0.15, 0.2) is 0 Å². The standard InChI is InChI=1S/C15H14FNS/c16-13-7-9-14(10-8-13)18-17-11-3-5-12-4-1-2-6-15(12)17/h1-2,4,6-10H,3,5,11H2. The molecule has 18 heavy (non-hydrogen) atoms. The molecular formula is C15H14FNS. The highest BCUT2D eigenvalue weighted by Gasteiger charge is 2.17. The van der Waals surface area contributed by atoms with Crippen molar-refractivity contribution in [1.29, 1.82) is 0 Å². The van der Waals surface area contributed by atoms with Gasteiger partial charge < -0.3 is 4.31 Å². The van der Waals surface area contributed by atoms with E-state index in [9.17, 15) is 4.39 Å². The Bertz CT molecular complexity index is 538. The summed E-state index contributed by atoms with van der Waals surface area (Å²) in [5.41, 5.74) is 2.69. The summed E-state index contributed by atoms with van der Waals surface area (Å²) in [6, 6.07) is 15.2. The van der Waals surface area contributed by atoms with E-state index in [1.54, 1.807) is 11.9 Å². The third kappa shape index (κ3) is 2.36. The minimum Gasteiger partial charge on any atom is -0.312 e. The number of halogens is 1. The van der Waals surface area contributed by atoms with E-state index in [1.165, 1.54) is 29.8 Å². The summed E-state index contributed by atoms with van der Waals surface area (Å²) in [6.07, 6.45) is 2.32. The van der Waals surface area contributed by atoms with Crippen LogP contribution >= 0.6 is 11.9 Å². The van der Waals surface area contributed by atoms with Crippen LogP contribution in [-0.4, -0.2) is 6.54 Å². The molecular weight excluding hydrogens is 245 g/mol. The van der Waals surface area contributed by atoms with Crippen LogP contribution in [-0.2, 0) is 6.42 Å². The number of hydrogen-bond acceptors (Lipinski definition) is 2. The molecule has 1 aliphatic rings. The summed E-state index contributed by atoms with van der Waals surface area (Å²) >= 11 is 1.68. The number of aryl methyl sites for hydroxylation is 1. The zero-order chi connectivity index (χ0) is 12.4. The highest BCUT2D eigenvalue weighted by Crippen LogP contribution is 2.35. The van der Waals surface area contributed by atoms with Crippen molar-refractivity contribution < 1.29 is 4.39 Å². The van der Waals surface area contributed by atoms with Crippen molar-refractivity contribution in [2.75, 3.05) is 10.8 Å². The second-order valence-electron chi connectivity index (χ2n) is 4.38. The topological polar surface area (TPSA) is 3.24 Å². The zero-order valence-electron chi connectivity index (χ0n) is 9.97. The van der Waals surface area contributed by atoms with Crippen LogP contribution in [0.1, 0.15) is 12.0 Å². The molecule has 0 amide bonds. The maximum absolute atomic E-state index is 12.9. The van der Waals surface area contributed by atoms with E-state index >= 15 is 0 Å². The van der Waals surface area contributed by atoms with Crippen molar-refractivity contribution in [2.24, 2.45) is 0 Å². The Hall–Kier alpha value is -1.48. The summed E-state index contributed by atoms with van der Waals surface area (Å²) < 4.78 is 15.2. The lowest BCUT2D eigenvalue weighted by molar-refractivity contribution is 0.626. The molecule has 3 rings (SSSR count). The van der Waals surface area contributed by atoms with E-state index in [2.05, 4.69) is 28.6 Å². The lowest BCUT2D eigenvalue weighted by atomic mass is 10.0. The number of anilines is 1. The normalized spacial score (nSPS) is 14.4. The van der Waals surface area contributed by atoms with Crippen LogP contribution in [0.4, 0.5) is 10.1 Å². The summed E-state index contributed by atoms with van der Waals surface area (Å²) in [4.78, 5) is 1.08. The van der Waals surface area contributed by atoms with Gasteiger partial charge in [-0.1, -0.05) is 18.2 Å². The van der Waals surface area contributed by atoms with Gasteiger partial charge in [-0.3, -0.25) is 0 Å². The van der Waals surface area contributed by atoms with E-state index in [4.69, 9.17) is 0 Å². The van der Waals surface area contributed by atoms with Crippen molar-refractivity contribution >= 4 is 17.6 Å².